The molecule has 1 unspecified atom stereocenters. The second kappa shape index (κ2) is 13.3. The Kier molecular flexibility index (Phi) is 8.63. The van der Waals surface area contributed by atoms with Crippen molar-refractivity contribution in [2.45, 2.75) is 43.9 Å². The van der Waals surface area contributed by atoms with E-state index in [1.165, 1.54) is 25.3 Å². The molecule has 3 atom stereocenters. The molecule has 268 valence electrons. The first-order valence-corrected chi connectivity index (χ1v) is 17.1. The number of terminal acetylenes is 1. The quantitative estimate of drug-likeness (QED) is 0.144. The van der Waals surface area contributed by atoms with E-state index in [9.17, 15) is 4.39 Å². The fourth-order valence-electron chi connectivity index (χ4n) is 7.93. The normalized spacial score (nSPS) is 20.4. The number of rotatable bonds is 9. The van der Waals surface area contributed by atoms with Gasteiger partial charge >= 0.3 is 6.01 Å². The van der Waals surface area contributed by atoms with Crippen LogP contribution in [0.5, 0.6) is 17.6 Å². The van der Waals surface area contributed by atoms with Gasteiger partial charge in [-0.15, -0.1) is 6.42 Å². The summed E-state index contributed by atoms with van der Waals surface area (Å²) in [5.74, 6) is 1.96. The summed E-state index contributed by atoms with van der Waals surface area (Å²) in [5, 5.41) is 0.968. The zero-order chi connectivity index (χ0) is 36.1. The molecule has 0 saturated carbocycles. The van der Waals surface area contributed by atoms with E-state index in [-0.39, 0.29) is 71.0 Å². The van der Waals surface area contributed by atoms with Gasteiger partial charge in [0.2, 0.25) is 5.88 Å². The molecule has 2 N–H and O–H groups in total. The first-order valence-electron chi connectivity index (χ1n) is 17.1. The molecule has 0 bridgehead atoms. The van der Waals surface area contributed by atoms with Gasteiger partial charge in [0.25, 0.3) is 0 Å². The predicted octanol–water partition coefficient (Wildman–Crippen LogP) is 5.98. The minimum absolute atomic E-state index is 0.0634. The topological polar surface area (TPSA) is 121 Å². The van der Waals surface area contributed by atoms with Gasteiger partial charge in [-0.2, -0.15) is 9.97 Å². The average molecular weight is 712 g/mol. The summed E-state index contributed by atoms with van der Waals surface area (Å²) in [5.41, 5.74) is 6.30. The maximum atomic E-state index is 17.4. The van der Waals surface area contributed by atoms with Crippen LogP contribution in [0, 0.1) is 24.0 Å². The van der Waals surface area contributed by atoms with Gasteiger partial charge in [0.15, 0.2) is 12.6 Å². The molecule has 8 rings (SSSR count). The highest BCUT2D eigenvalue weighted by molar-refractivity contribution is 6.04. The number of methoxy groups -OCH3 is 1. The molecule has 0 spiro atoms. The number of nitrogens with zero attached hydrogens (tertiary/aromatic N) is 6. The van der Waals surface area contributed by atoms with Gasteiger partial charge in [-0.05, 0) is 56.0 Å². The van der Waals surface area contributed by atoms with E-state index in [1.807, 2.05) is 17.9 Å². The molecule has 2 fully saturated rings. The largest absolute Gasteiger partial charge is 0.475 e. The number of aromatic nitrogens is 4. The molecule has 0 amide bonds. The van der Waals surface area contributed by atoms with Gasteiger partial charge in [0, 0.05) is 42.8 Å². The lowest BCUT2D eigenvalue weighted by molar-refractivity contribution is 0.0512. The molecule has 3 aliphatic heterocycles. The average Bonchev–Trinajstić information content (AvgIpc) is 3.60. The van der Waals surface area contributed by atoms with Crippen molar-refractivity contribution < 1.29 is 32.1 Å². The van der Waals surface area contributed by atoms with Crippen LogP contribution in [-0.2, 0) is 4.74 Å². The van der Waals surface area contributed by atoms with Crippen molar-refractivity contribution in [2.24, 2.45) is 0 Å². The number of ether oxygens (including phenoxy) is 4. The van der Waals surface area contributed by atoms with Gasteiger partial charge in [-0.3, -0.25) is 4.90 Å². The Morgan fingerprint density at radius 1 is 1.13 bits per heavy atom. The number of anilines is 2. The Hall–Kier alpha value is -5.39. The molecule has 0 aliphatic carbocycles. The van der Waals surface area contributed by atoms with Gasteiger partial charge in [0.05, 0.1) is 23.7 Å². The molecule has 14 heteroatoms. The zero-order valence-electron chi connectivity index (χ0n) is 28.7. The molecule has 6 heterocycles. The monoisotopic (exact) mass is 711 g/mol. The van der Waals surface area contributed by atoms with Gasteiger partial charge in [-0.25, -0.2) is 23.1 Å². The summed E-state index contributed by atoms with van der Waals surface area (Å²) in [6.45, 7) is 3.54. The van der Waals surface area contributed by atoms with Crippen molar-refractivity contribution in [1.29, 1.82) is 0 Å². The summed E-state index contributed by atoms with van der Waals surface area (Å²) in [4.78, 5) is 22.5. The van der Waals surface area contributed by atoms with Crippen molar-refractivity contribution in [3.8, 4) is 41.2 Å². The number of halogens is 3. The van der Waals surface area contributed by atoms with Gasteiger partial charge in [0.1, 0.15) is 59.2 Å². The number of hydrogen-bond acceptors (Lipinski definition) is 11. The molecule has 2 saturated heterocycles. The van der Waals surface area contributed by atoms with Crippen molar-refractivity contribution >= 4 is 33.3 Å². The number of alkyl halides is 1. The standard InChI is InChI=1S/C38H36F3N7O4/c1-4-25-28(40)9-8-22-15-24(52-20-49-3)16-27(29(22)25)32-31(41)33-30-35(46-37(45-33)51-19-38-10-6-12-47(38)18-23(39)17-38)48(13-14-50-36(30)44-32)21(2)26-7-5-11-43-34(26)42/h1,5,7-9,11,15-16,21,23H,6,10,12-14,17-20H2,2-3H3,(H2,42,43)/t21?,23-,38+/m1/s1. The van der Waals surface area contributed by atoms with Crippen LogP contribution in [0.2, 0.25) is 0 Å². The Morgan fingerprint density at radius 2 is 2.00 bits per heavy atom. The van der Waals surface area contributed by atoms with E-state index in [1.54, 1.807) is 18.3 Å². The fraction of sp³-hybridized carbons (Fsp3) is 0.368. The maximum absolute atomic E-state index is 17.4. The Morgan fingerprint density at radius 3 is 2.81 bits per heavy atom. The van der Waals surface area contributed by atoms with Crippen LogP contribution in [0.1, 0.15) is 43.4 Å². The molecule has 2 aromatic carbocycles. The Labute approximate surface area is 297 Å². The first kappa shape index (κ1) is 33.7. The SMILES string of the molecule is C#Cc1c(F)ccc2cc(OCOC)cc(-c3nc4c5c(nc(OC[C@@]67CCCN6C[C@H](F)C7)nc5c3F)N(C(C)c3cccnc3N)CCO4)c12. The van der Waals surface area contributed by atoms with Crippen LogP contribution < -0.4 is 24.8 Å². The Bertz CT molecular complexity index is 2250. The number of fused-ring (bicyclic) bond motifs is 2. The number of nitrogens with two attached hydrogens (primary N) is 1. The van der Waals surface area contributed by atoms with Gasteiger partial charge in [-0.1, -0.05) is 18.1 Å². The number of hydrogen-bond donors (Lipinski definition) is 1. The van der Waals surface area contributed by atoms with E-state index in [2.05, 4.69) is 20.8 Å². The van der Waals surface area contributed by atoms with Crippen molar-refractivity contribution in [2.75, 3.05) is 57.4 Å². The number of benzene rings is 2. The highest BCUT2D eigenvalue weighted by atomic mass is 19.1. The molecule has 3 aromatic heterocycles. The van der Waals surface area contributed by atoms with E-state index in [0.29, 0.717) is 42.3 Å². The third kappa shape index (κ3) is 5.64. The number of pyridine rings is 2. The summed E-state index contributed by atoms with van der Waals surface area (Å²) in [6, 6.07) is 9.15. The highest BCUT2D eigenvalue weighted by Crippen LogP contribution is 2.45. The molecule has 52 heavy (non-hydrogen) atoms. The van der Waals surface area contributed by atoms with Crippen LogP contribution in [0.15, 0.2) is 42.6 Å². The Balaban J connectivity index is 1.34. The summed E-state index contributed by atoms with van der Waals surface area (Å²) in [6.07, 6.45) is 8.47. The van der Waals surface area contributed by atoms with Crippen LogP contribution >= 0.6 is 0 Å². The van der Waals surface area contributed by atoms with E-state index in [4.69, 9.17) is 41.1 Å². The third-order valence-corrected chi connectivity index (χ3v) is 10.4. The summed E-state index contributed by atoms with van der Waals surface area (Å²) >= 11 is 0. The molecule has 11 nitrogen and oxygen atoms in total. The van der Waals surface area contributed by atoms with Crippen LogP contribution in [0.3, 0.4) is 0 Å². The maximum Gasteiger partial charge on any atom is 0.319 e. The molecular formula is C38H36F3N7O4. The third-order valence-electron chi connectivity index (χ3n) is 10.4. The van der Waals surface area contributed by atoms with E-state index >= 15 is 8.78 Å². The molecular weight excluding hydrogens is 675 g/mol. The zero-order valence-corrected chi connectivity index (χ0v) is 28.7. The molecule has 5 aromatic rings. The molecule has 3 aliphatic rings. The minimum atomic E-state index is -0.964. The smallest absolute Gasteiger partial charge is 0.319 e. The van der Waals surface area contributed by atoms with Crippen LogP contribution in [0.4, 0.5) is 24.8 Å². The van der Waals surface area contributed by atoms with Crippen molar-refractivity contribution in [1.82, 2.24) is 24.8 Å². The van der Waals surface area contributed by atoms with Crippen LogP contribution in [0.25, 0.3) is 32.9 Å². The second-order valence-electron chi connectivity index (χ2n) is 13.4. The highest BCUT2D eigenvalue weighted by Gasteiger charge is 2.49. The van der Waals surface area contributed by atoms with Crippen LogP contribution in [-0.4, -0.2) is 83.3 Å². The minimum Gasteiger partial charge on any atom is -0.475 e. The van der Waals surface area contributed by atoms with Crippen molar-refractivity contribution in [3.05, 3.63) is 65.4 Å². The summed E-state index contributed by atoms with van der Waals surface area (Å²) < 4.78 is 70.6. The van der Waals surface area contributed by atoms with E-state index in [0.717, 1.165) is 24.9 Å². The summed E-state index contributed by atoms with van der Waals surface area (Å²) in [7, 11) is 1.47. The molecule has 0 radical (unpaired) electrons. The second-order valence-corrected chi connectivity index (χ2v) is 13.4. The lowest BCUT2D eigenvalue weighted by atomic mass is 9.95. The van der Waals surface area contributed by atoms with E-state index < -0.39 is 23.3 Å². The van der Waals surface area contributed by atoms with Crippen molar-refractivity contribution in [3.63, 3.8) is 0 Å². The predicted molar refractivity (Wildman–Crippen MR) is 189 cm³/mol. The van der Waals surface area contributed by atoms with Gasteiger partial charge < -0.3 is 29.6 Å². The lowest BCUT2D eigenvalue weighted by Gasteiger charge is -2.32. The lowest BCUT2D eigenvalue weighted by Crippen LogP contribution is -2.43. The fourth-order valence-corrected chi connectivity index (χ4v) is 7.93. The number of nitrogen functional groups attached to an aromatic ring is 1. The first-order chi connectivity index (χ1) is 25.2.